The van der Waals surface area contributed by atoms with E-state index in [-0.39, 0.29) is 30.3 Å². The van der Waals surface area contributed by atoms with Gasteiger partial charge in [0.2, 0.25) is 5.91 Å². The number of rotatable bonds is 9. The van der Waals surface area contributed by atoms with Gasteiger partial charge in [0.05, 0.1) is 11.3 Å². The number of benzene rings is 3. The van der Waals surface area contributed by atoms with Crippen molar-refractivity contribution in [2.24, 2.45) is 11.8 Å². The van der Waals surface area contributed by atoms with E-state index in [1.165, 1.54) is 5.56 Å². The van der Waals surface area contributed by atoms with Crippen LogP contribution in [-0.4, -0.2) is 35.3 Å². The molecule has 3 aromatic carbocycles. The summed E-state index contributed by atoms with van der Waals surface area (Å²) in [6.07, 6.45) is 5.46. The van der Waals surface area contributed by atoms with Crippen molar-refractivity contribution in [1.82, 2.24) is 10.2 Å². The summed E-state index contributed by atoms with van der Waals surface area (Å²) in [5.74, 6) is 1.79. The van der Waals surface area contributed by atoms with E-state index in [2.05, 4.69) is 54.8 Å². The molecule has 1 heterocycles. The highest BCUT2D eigenvalue weighted by Gasteiger charge is 2.35. The number of amides is 2. The Morgan fingerprint density at radius 3 is 2.28 bits per heavy atom. The largest absolute Gasteiger partial charge is 0.457 e. The summed E-state index contributed by atoms with van der Waals surface area (Å²) in [5.41, 5.74) is 2.34. The number of carbonyl (C=O) groups is 2. The van der Waals surface area contributed by atoms with Crippen molar-refractivity contribution in [3.63, 3.8) is 0 Å². The first-order valence-electron chi connectivity index (χ1n) is 14.2. The van der Waals surface area contributed by atoms with Crippen LogP contribution >= 0.6 is 0 Å². The van der Waals surface area contributed by atoms with Gasteiger partial charge in [0.1, 0.15) is 18.0 Å². The number of carbonyl (C=O) groups excluding carboxylic acids is 2. The lowest BCUT2D eigenvalue weighted by Crippen LogP contribution is -2.47. The molecule has 1 saturated carbocycles. The normalized spacial score (nSPS) is 20.2. The molecule has 2 N–H and O–H groups in total. The van der Waals surface area contributed by atoms with Gasteiger partial charge in [-0.3, -0.25) is 9.59 Å². The van der Waals surface area contributed by atoms with Crippen molar-refractivity contribution in [2.75, 3.05) is 11.9 Å². The van der Waals surface area contributed by atoms with E-state index in [9.17, 15) is 9.59 Å². The molecule has 2 aliphatic rings. The fraction of sp³-hybridized carbons (Fsp3) is 0.394. The molecule has 1 aliphatic heterocycles. The standard InChI is InChI=1S/C33H39N3O3/c1-23(2)31(19-24-13-15-26(16-14-24)34-21-25-9-5-3-6-10-25)36-22-32(37)35-30-18-17-28(20-29(30)33(36)38)39-27-11-7-4-8-12-27/h3-12,17-18,20,23-24,26,31,34H,13-16,19,21-22H2,1-2H3,(H,35,37)/t24?,26?,31-/m0/s1. The highest BCUT2D eigenvalue weighted by molar-refractivity contribution is 6.08. The van der Waals surface area contributed by atoms with E-state index in [4.69, 9.17) is 4.74 Å². The number of nitrogens with zero attached hydrogens (tertiary/aromatic N) is 1. The van der Waals surface area contributed by atoms with E-state index in [1.807, 2.05) is 30.3 Å². The van der Waals surface area contributed by atoms with Crippen LogP contribution in [0.4, 0.5) is 5.69 Å². The van der Waals surface area contributed by atoms with Gasteiger partial charge in [0.25, 0.3) is 5.91 Å². The molecule has 3 aromatic rings. The van der Waals surface area contributed by atoms with Gasteiger partial charge in [0.15, 0.2) is 0 Å². The molecule has 0 spiro atoms. The number of hydrogen-bond acceptors (Lipinski definition) is 4. The van der Waals surface area contributed by atoms with Crippen LogP contribution < -0.4 is 15.4 Å². The summed E-state index contributed by atoms with van der Waals surface area (Å²) in [6, 6.07) is 25.9. The van der Waals surface area contributed by atoms with Gasteiger partial charge in [0, 0.05) is 18.6 Å². The Hall–Kier alpha value is -3.64. The van der Waals surface area contributed by atoms with Crippen LogP contribution in [-0.2, 0) is 11.3 Å². The lowest BCUT2D eigenvalue weighted by atomic mass is 9.80. The number of hydrogen-bond donors (Lipinski definition) is 2. The summed E-state index contributed by atoms with van der Waals surface area (Å²) in [4.78, 5) is 28.6. The lowest BCUT2D eigenvalue weighted by Gasteiger charge is -2.38. The van der Waals surface area contributed by atoms with Crippen molar-refractivity contribution in [3.05, 3.63) is 90.0 Å². The van der Waals surface area contributed by atoms with Crippen molar-refractivity contribution in [3.8, 4) is 11.5 Å². The Labute approximate surface area is 231 Å². The first-order valence-corrected chi connectivity index (χ1v) is 14.2. The predicted molar refractivity (Wildman–Crippen MR) is 155 cm³/mol. The number of para-hydroxylation sites is 1. The van der Waals surface area contributed by atoms with E-state index in [0.29, 0.717) is 34.7 Å². The second-order valence-electron chi connectivity index (χ2n) is 11.2. The summed E-state index contributed by atoms with van der Waals surface area (Å²) < 4.78 is 5.99. The van der Waals surface area contributed by atoms with Gasteiger partial charge in [-0.2, -0.15) is 0 Å². The molecule has 2 amide bonds. The lowest BCUT2D eigenvalue weighted by molar-refractivity contribution is -0.117. The molecule has 0 aromatic heterocycles. The van der Waals surface area contributed by atoms with E-state index < -0.39 is 0 Å². The average molecular weight is 526 g/mol. The van der Waals surface area contributed by atoms with Gasteiger partial charge in [-0.15, -0.1) is 0 Å². The first-order chi connectivity index (χ1) is 19.0. The summed E-state index contributed by atoms with van der Waals surface area (Å²) in [5, 5.41) is 6.66. The Kier molecular flexibility index (Phi) is 8.62. The van der Waals surface area contributed by atoms with Gasteiger partial charge < -0.3 is 20.3 Å². The topological polar surface area (TPSA) is 70.7 Å². The zero-order chi connectivity index (χ0) is 27.2. The molecule has 0 saturated heterocycles. The summed E-state index contributed by atoms with van der Waals surface area (Å²) in [7, 11) is 0. The zero-order valence-corrected chi connectivity index (χ0v) is 22.9. The highest BCUT2D eigenvalue weighted by Crippen LogP contribution is 2.34. The molecular weight excluding hydrogens is 486 g/mol. The second-order valence-corrected chi connectivity index (χ2v) is 11.2. The molecule has 1 fully saturated rings. The molecule has 0 bridgehead atoms. The Morgan fingerprint density at radius 2 is 1.59 bits per heavy atom. The third-order valence-corrected chi connectivity index (χ3v) is 8.08. The molecular formula is C33H39N3O3. The Balaban J connectivity index is 1.25. The van der Waals surface area contributed by atoms with Gasteiger partial charge >= 0.3 is 0 Å². The van der Waals surface area contributed by atoms with Crippen LogP contribution in [0.15, 0.2) is 78.9 Å². The molecule has 204 valence electrons. The average Bonchev–Trinajstić information content (AvgIpc) is 3.07. The van der Waals surface area contributed by atoms with Crippen LogP contribution in [0.25, 0.3) is 0 Å². The van der Waals surface area contributed by atoms with Crippen molar-refractivity contribution in [1.29, 1.82) is 0 Å². The number of ether oxygens (including phenoxy) is 1. The predicted octanol–water partition coefficient (Wildman–Crippen LogP) is 6.64. The molecule has 39 heavy (non-hydrogen) atoms. The van der Waals surface area contributed by atoms with Gasteiger partial charge in [-0.25, -0.2) is 0 Å². The molecule has 6 nitrogen and oxygen atoms in total. The molecule has 1 aliphatic carbocycles. The van der Waals surface area contributed by atoms with Crippen LogP contribution in [0, 0.1) is 11.8 Å². The SMILES string of the molecule is CC(C)[C@H](CC1CCC(NCc2ccccc2)CC1)N1CC(=O)Nc2ccc(Oc3ccccc3)cc2C1=O. The highest BCUT2D eigenvalue weighted by atomic mass is 16.5. The second kappa shape index (κ2) is 12.5. The minimum Gasteiger partial charge on any atom is -0.457 e. The number of nitrogens with one attached hydrogen (secondary N) is 2. The monoisotopic (exact) mass is 525 g/mol. The molecule has 5 rings (SSSR count). The van der Waals surface area contributed by atoms with Gasteiger partial charge in [-0.1, -0.05) is 62.4 Å². The fourth-order valence-electron chi connectivity index (χ4n) is 5.90. The fourth-order valence-corrected chi connectivity index (χ4v) is 5.90. The first kappa shape index (κ1) is 26.9. The molecule has 6 heteroatoms. The summed E-state index contributed by atoms with van der Waals surface area (Å²) >= 11 is 0. The van der Waals surface area contributed by atoms with Gasteiger partial charge in [-0.05, 0) is 79.8 Å². The Bertz CT molecular complexity index is 1250. The van der Waals surface area contributed by atoms with Crippen LogP contribution in [0.3, 0.4) is 0 Å². The number of anilines is 1. The van der Waals surface area contributed by atoms with Crippen molar-refractivity contribution < 1.29 is 14.3 Å². The van der Waals surface area contributed by atoms with Crippen LogP contribution in [0.1, 0.15) is 61.9 Å². The number of fused-ring (bicyclic) bond motifs is 1. The third kappa shape index (κ3) is 6.87. The summed E-state index contributed by atoms with van der Waals surface area (Å²) in [6.45, 7) is 5.28. The molecule has 0 radical (unpaired) electrons. The van der Waals surface area contributed by atoms with Crippen molar-refractivity contribution >= 4 is 17.5 Å². The molecule has 1 atom stereocenters. The van der Waals surface area contributed by atoms with E-state index >= 15 is 0 Å². The maximum absolute atomic E-state index is 13.9. The molecule has 0 unspecified atom stereocenters. The maximum atomic E-state index is 13.9. The Morgan fingerprint density at radius 1 is 0.897 bits per heavy atom. The quantitative estimate of drug-likeness (QED) is 0.329. The van der Waals surface area contributed by atoms with Crippen LogP contribution in [0.5, 0.6) is 11.5 Å². The zero-order valence-electron chi connectivity index (χ0n) is 22.9. The third-order valence-electron chi connectivity index (χ3n) is 8.08. The van der Waals surface area contributed by atoms with Crippen LogP contribution in [0.2, 0.25) is 0 Å². The van der Waals surface area contributed by atoms with E-state index in [0.717, 1.165) is 38.6 Å². The smallest absolute Gasteiger partial charge is 0.256 e. The maximum Gasteiger partial charge on any atom is 0.256 e. The van der Waals surface area contributed by atoms with Crippen molar-refractivity contribution in [2.45, 2.75) is 64.6 Å². The minimum atomic E-state index is -0.154. The minimum absolute atomic E-state index is 0.00766. The van der Waals surface area contributed by atoms with E-state index in [1.54, 1.807) is 23.1 Å².